The number of anilines is 1. The first kappa shape index (κ1) is 21.6. The lowest BCUT2D eigenvalue weighted by Crippen LogP contribution is -2.45. The van der Waals surface area contributed by atoms with E-state index in [1.807, 2.05) is 44.5 Å². The lowest BCUT2D eigenvalue weighted by molar-refractivity contribution is -0.127. The summed E-state index contributed by atoms with van der Waals surface area (Å²) in [5, 5.41) is 10.8. The van der Waals surface area contributed by atoms with E-state index in [2.05, 4.69) is 20.7 Å². The minimum absolute atomic E-state index is 0.157. The first-order chi connectivity index (χ1) is 14.5. The number of carbonyl (C=O) groups excluding carboxylic acids is 2. The second-order valence-electron chi connectivity index (χ2n) is 6.80. The molecule has 2 N–H and O–H groups in total. The highest BCUT2D eigenvalue weighted by Crippen LogP contribution is 2.19. The monoisotopic (exact) mass is 427 g/mol. The number of nitrogens with zero attached hydrogens (tertiary/aromatic N) is 3. The van der Waals surface area contributed by atoms with Crippen LogP contribution < -0.4 is 15.4 Å². The Hall–Kier alpha value is -3.07. The Morgan fingerprint density at radius 1 is 1.27 bits per heavy atom. The second-order valence-corrected chi connectivity index (χ2v) is 7.78. The zero-order valence-corrected chi connectivity index (χ0v) is 18.0. The van der Waals surface area contributed by atoms with Crippen molar-refractivity contribution in [1.29, 1.82) is 0 Å². The number of ether oxygens (including phenoxy) is 1. The number of aryl methyl sites for hydroxylation is 2. The van der Waals surface area contributed by atoms with Gasteiger partial charge in [-0.3, -0.25) is 14.3 Å². The van der Waals surface area contributed by atoms with E-state index in [1.54, 1.807) is 34.8 Å². The number of para-hydroxylation sites is 1. The number of thioether (sulfide) groups is 1. The summed E-state index contributed by atoms with van der Waals surface area (Å²) in [6.45, 7) is 1.74. The highest BCUT2D eigenvalue weighted by Gasteiger charge is 2.21. The predicted octanol–water partition coefficient (Wildman–Crippen LogP) is 2.53. The number of hydrogen-bond donors (Lipinski definition) is 2. The lowest BCUT2D eigenvalue weighted by atomic mass is 10.2. The van der Waals surface area contributed by atoms with Crippen molar-refractivity contribution in [3.8, 4) is 5.75 Å². The molecule has 158 valence electrons. The largest absolute Gasteiger partial charge is 0.484 e. The molecule has 30 heavy (non-hydrogen) atoms. The van der Waals surface area contributed by atoms with Crippen LogP contribution in [-0.4, -0.2) is 51.2 Å². The molecule has 0 aliphatic heterocycles. The van der Waals surface area contributed by atoms with Gasteiger partial charge in [0.05, 0.1) is 17.6 Å². The number of fused-ring (bicyclic) bond motifs is 1. The van der Waals surface area contributed by atoms with Crippen molar-refractivity contribution >= 4 is 40.3 Å². The first-order valence-corrected chi connectivity index (χ1v) is 10.9. The van der Waals surface area contributed by atoms with Crippen LogP contribution in [0.3, 0.4) is 0 Å². The van der Waals surface area contributed by atoms with Gasteiger partial charge in [0, 0.05) is 12.4 Å². The number of aromatic nitrogens is 3. The molecule has 0 aliphatic rings. The summed E-state index contributed by atoms with van der Waals surface area (Å²) >= 11 is 1.61. The topological polar surface area (TPSA) is 98.1 Å². The van der Waals surface area contributed by atoms with Crippen LogP contribution in [-0.2, 0) is 16.6 Å². The van der Waals surface area contributed by atoms with Crippen LogP contribution in [0.4, 0.5) is 5.69 Å². The number of pyridine rings is 1. The normalized spacial score (nSPS) is 11.8. The van der Waals surface area contributed by atoms with Crippen LogP contribution >= 0.6 is 11.8 Å². The third-order valence-corrected chi connectivity index (χ3v) is 5.15. The van der Waals surface area contributed by atoms with E-state index >= 15 is 0 Å². The van der Waals surface area contributed by atoms with E-state index < -0.39 is 6.04 Å². The zero-order valence-electron chi connectivity index (χ0n) is 17.2. The van der Waals surface area contributed by atoms with Gasteiger partial charge in [-0.15, -0.1) is 0 Å². The maximum absolute atomic E-state index is 12.8. The minimum atomic E-state index is -0.671. The molecule has 1 atom stereocenters. The van der Waals surface area contributed by atoms with Crippen molar-refractivity contribution in [3.63, 3.8) is 0 Å². The number of benzene rings is 1. The van der Waals surface area contributed by atoms with E-state index in [1.165, 1.54) is 0 Å². The van der Waals surface area contributed by atoms with Crippen molar-refractivity contribution in [1.82, 2.24) is 20.1 Å². The Morgan fingerprint density at radius 2 is 2.03 bits per heavy atom. The van der Waals surface area contributed by atoms with E-state index in [0.717, 1.165) is 22.5 Å². The van der Waals surface area contributed by atoms with Crippen molar-refractivity contribution < 1.29 is 14.3 Å². The van der Waals surface area contributed by atoms with E-state index in [9.17, 15) is 9.59 Å². The average molecular weight is 428 g/mol. The molecular weight excluding hydrogens is 402 g/mol. The molecule has 0 aliphatic carbocycles. The summed E-state index contributed by atoms with van der Waals surface area (Å²) in [7, 11) is 1.83. The van der Waals surface area contributed by atoms with Crippen molar-refractivity contribution in [2.24, 2.45) is 7.05 Å². The Balaban J connectivity index is 1.64. The fourth-order valence-corrected chi connectivity index (χ4v) is 3.48. The fraction of sp³-hybridized carbons (Fsp3) is 0.333. The van der Waals surface area contributed by atoms with E-state index in [0.29, 0.717) is 17.9 Å². The molecule has 2 heterocycles. The molecule has 2 aromatic heterocycles. The molecule has 3 rings (SSSR count). The summed E-state index contributed by atoms with van der Waals surface area (Å²) in [5.74, 6) is 0.692. The molecule has 1 aromatic carbocycles. The molecule has 0 spiro atoms. The Kier molecular flexibility index (Phi) is 7.29. The molecule has 2 amide bonds. The van der Waals surface area contributed by atoms with E-state index in [-0.39, 0.29) is 18.4 Å². The van der Waals surface area contributed by atoms with Gasteiger partial charge >= 0.3 is 0 Å². The number of carbonyl (C=O) groups is 2. The fourth-order valence-electron chi connectivity index (χ4n) is 3.01. The predicted molar refractivity (Wildman–Crippen MR) is 119 cm³/mol. The molecule has 8 nitrogen and oxygen atoms in total. The number of nitrogens with one attached hydrogen (secondary N) is 2. The first-order valence-electron chi connectivity index (χ1n) is 9.54. The molecule has 0 saturated carbocycles. The number of hydrogen-bond acceptors (Lipinski definition) is 6. The minimum Gasteiger partial charge on any atom is -0.484 e. The van der Waals surface area contributed by atoms with E-state index in [4.69, 9.17) is 4.74 Å². The van der Waals surface area contributed by atoms with Crippen molar-refractivity contribution in [2.45, 2.75) is 19.4 Å². The lowest BCUT2D eigenvalue weighted by Gasteiger charge is -2.18. The summed E-state index contributed by atoms with van der Waals surface area (Å²) in [6, 6.07) is 10.2. The Labute approximate surface area is 179 Å². The van der Waals surface area contributed by atoms with Crippen LogP contribution in [0.25, 0.3) is 11.0 Å². The van der Waals surface area contributed by atoms with Crippen LogP contribution in [0.5, 0.6) is 5.75 Å². The molecule has 0 saturated heterocycles. The standard InChI is InChI=1S/C21H25N5O3S/c1-14-17-11-15(12-22-20(17)26(2)25-14)23-21(28)18(9-10-30-3)24-19(27)13-29-16-7-5-4-6-8-16/h4-8,11-12,18H,9-10,13H2,1-3H3,(H,23,28)(H,24,27). The molecule has 1 unspecified atom stereocenters. The maximum Gasteiger partial charge on any atom is 0.258 e. The summed E-state index contributed by atoms with van der Waals surface area (Å²) < 4.78 is 7.17. The summed E-state index contributed by atoms with van der Waals surface area (Å²) in [6.07, 6.45) is 4.05. The van der Waals surface area contributed by atoms with Crippen LogP contribution in [0.2, 0.25) is 0 Å². The van der Waals surface area contributed by atoms with Gasteiger partial charge < -0.3 is 15.4 Å². The number of rotatable bonds is 9. The number of amides is 2. The van der Waals surface area contributed by atoms with Crippen LogP contribution in [0, 0.1) is 6.92 Å². The second kappa shape index (κ2) is 10.1. The van der Waals surface area contributed by atoms with Crippen molar-refractivity contribution in [3.05, 3.63) is 48.3 Å². The van der Waals surface area contributed by atoms with Crippen molar-refractivity contribution in [2.75, 3.05) is 23.9 Å². The van der Waals surface area contributed by atoms with Crippen LogP contribution in [0.1, 0.15) is 12.1 Å². The molecule has 0 bridgehead atoms. The van der Waals surface area contributed by atoms with Gasteiger partial charge in [0.25, 0.3) is 5.91 Å². The van der Waals surface area contributed by atoms with Gasteiger partial charge in [-0.2, -0.15) is 16.9 Å². The Morgan fingerprint density at radius 3 is 2.77 bits per heavy atom. The van der Waals surface area contributed by atoms with Gasteiger partial charge in [-0.05, 0) is 43.6 Å². The van der Waals surface area contributed by atoms with Gasteiger partial charge in [-0.1, -0.05) is 18.2 Å². The maximum atomic E-state index is 12.8. The third-order valence-electron chi connectivity index (χ3n) is 4.51. The third kappa shape index (κ3) is 5.50. The Bertz CT molecular complexity index is 1020. The van der Waals surface area contributed by atoms with Gasteiger partial charge in [0.1, 0.15) is 11.8 Å². The van der Waals surface area contributed by atoms with Crippen LogP contribution in [0.15, 0.2) is 42.6 Å². The molecular formula is C21H25N5O3S. The molecule has 9 heteroatoms. The SMILES string of the molecule is CSCCC(NC(=O)COc1ccccc1)C(=O)Nc1cnc2c(c1)c(C)nn2C. The molecule has 0 radical (unpaired) electrons. The highest BCUT2D eigenvalue weighted by atomic mass is 32.2. The smallest absolute Gasteiger partial charge is 0.258 e. The quantitative estimate of drug-likeness (QED) is 0.545. The molecule has 0 fully saturated rings. The van der Waals surface area contributed by atoms with Gasteiger partial charge in [0.2, 0.25) is 5.91 Å². The average Bonchev–Trinajstić information content (AvgIpc) is 3.03. The highest BCUT2D eigenvalue weighted by molar-refractivity contribution is 7.98. The summed E-state index contributed by atoms with van der Waals surface area (Å²) in [4.78, 5) is 29.5. The van der Waals surface area contributed by atoms with Gasteiger partial charge in [0.15, 0.2) is 12.3 Å². The molecule has 3 aromatic rings. The van der Waals surface area contributed by atoms with Gasteiger partial charge in [-0.25, -0.2) is 4.98 Å². The summed E-state index contributed by atoms with van der Waals surface area (Å²) in [5.41, 5.74) is 2.14. The zero-order chi connectivity index (χ0) is 21.5.